The van der Waals surface area contributed by atoms with Gasteiger partial charge in [0.2, 0.25) is 5.96 Å². The van der Waals surface area contributed by atoms with Crippen LogP contribution in [-0.2, 0) is 9.59 Å². The van der Waals surface area contributed by atoms with Crippen molar-refractivity contribution in [2.75, 3.05) is 6.16 Å². The second-order valence-electron chi connectivity index (χ2n) is 4.66. The first-order valence-electron chi connectivity index (χ1n) is 6.28. The standard InChI is InChI=1S/C13H15ClNO6P/c14-10-2-1-3-11(6-10)15-8-22(20,21)7-9(13(18)19)4-5-12(16)17/h1-3,6,8-9,20-21H,4-5,7H2,(H-,16,17,18,19)/p+1. The minimum absolute atomic E-state index is 0.182. The third kappa shape index (κ3) is 6.95. The molecule has 0 saturated heterocycles. The molecule has 9 heteroatoms. The van der Waals surface area contributed by atoms with Crippen LogP contribution in [0.4, 0.5) is 5.69 Å². The lowest BCUT2D eigenvalue weighted by molar-refractivity contribution is -0.142. The van der Waals surface area contributed by atoms with E-state index >= 15 is 0 Å². The van der Waals surface area contributed by atoms with E-state index < -0.39 is 31.7 Å². The summed E-state index contributed by atoms with van der Waals surface area (Å²) in [4.78, 5) is 45.2. The number of aliphatic carboxylic acids is 2. The van der Waals surface area contributed by atoms with Gasteiger partial charge in [0.25, 0.3) is 0 Å². The van der Waals surface area contributed by atoms with Gasteiger partial charge in [-0.05, 0) is 24.6 Å². The number of nitrogens with zero attached hydrogens (tertiary/aromatic N) is 1. The molecular formula is C13H16ClNO6P+. The van der Waals surface area contributed by atoms with Crippen LogP contribution in [0, 0.1) is 5.92 Å². The Morgan fingerprint density at radius 3 is 2.55 bits per heavy atom. The average molecular weight is 349 g/mol. The Balaban J connectivity index is 2.74. The van der Waals surface area contributed by atoms with E-state index in [0.717, 1.165) is 5.96 Å². The highest BCUT2D eigenvalue weighted by atomic mass is 35.5. The fraction of sp³-hybridized carbons (Fsp3) is 0.308. The summed E-state index contributed by atoms with van der Waals surface area (Å²) >= 11 is 5.77. The summed E-state index contributed by atoms with van der Waals surface area (Å²) in [6.07, 6.45) is -0.999. The summed E-state index contributed by atoms with van der Waals surface area (Å²) in [5, 5.41) is 18.0. The molecule has 1 aromatic carbocycles. The molecule has 120 valence electrons. The molecule has 0 aromatic heterocycles. The van der Waals surface area contributed by atoms with Crippen molar-refractivity contribution in [2.24, 2.45) is 10.9 Å². The molecule has 1 atom stereocenters. The predicted octanol–water partition coefficient (Wildman–Crippen LogP) is 2.40. The van der Waals surface area contributed by atoms with Crippen LogP contribution in [0.25, 0.3) is 0 Å². The molecule has 7 nitrogen and oxygen atoms in total. The van der Waals surface area contributed by atoms with Gasteiger partial charge in [-0.25, -0.2) is 14.8 Å². The van der Waals surface area contributed by atoms with Gasteiger partial charge in [-0.15, -0.1) is 0 Å². The first kappa shape index (κ1) is 18.5. The molecule has 0 spiro atoms. The van der Waals surface area contributed by atoms with Crippen molar-refractivity contribution in [1.29, 1.82) is 0 Å². The molecular weight excluding hydrogens is 333 g/mol. The maximum atomic E-state index is 11.0. The molecule has 0 radical (unpaired) electrons. The highest BCUT2D eigenvalue weighted by molar-refractivity contribution is 7.79. The zero-order valence-corrected chi connectivity index (χ0v) is 13.1. The van der Waals surface area contributed by atoms with Crippen LogP contribution in [0.1, 0.15) is 12.8 Å². The molecule has 0 saturated carbocycles. The third-order valence-corrected chi connectivity index (χ3v) is 4.44. The lowest BCUT2D eigenvalue weighted by atomic mass is 10.1. The summed E-state index contributed by atoms with van der Waals surface area (Å²) in [7, 11) is -3.70. The van der Waals surface area contributed by atoms with Crippen molar-refractivity contribution in [2.45, 2.75) is 12.8 Å². The second kappa shape index (κ2) is 8.19. The Bertz CT molecular complexity index is 577. The molecule has 4 N–H and O–H groups in total. The van der Waals surface area contributed by atoms with E-state index in [1.54, 1.807) is 18.2 Å². The molecule has 0 amide bonds. The SMILES string of the molecule is O=C(O)CCC(C[P+](O)(O)C=Nc1cccc(Cl)c1)C(=O)O. The van der Waals surface area contributed by atoms with Gasteiger partial charge in [0.05, 0.1) is 11.6 Å². The van der Waals surface area contributed by atoms with E-state index in [0.29, 0.717) is 10.7 Å². The van der Waals surface area contributed by atoms with Crippen molar-refractivity contribution < 1.29 is 29.6 Å². The molecule has 1 aromatic rings. The molecule has 0 bridgehead atoms. The summed E-state index contributed by atoms with van der Waals surface area (Å²) in [5.74, 6) is -2.66. The number of hydrogen-bond donors (Lipinski definition) is 4. The van der Waals surface area contributed by atoms with Crippen LogP contribution in [0.5, 0.6) is 0 Å². The fourth-order valence-electron chi connectivity index (χ4n) is 1.68. The van der Waals surface area contributed by atoms with Gasteiger partial charge in [-0.3, -0.25) is 9.59 Å². The van der Waals surface area contributed by atoms with Crippen LogP contribution in [-0.4, -0.2) is 44.1 Å². The highest BCUT2D eigenvalue weighted by Crippen LogP contribution is 2.49. The van der Waals surface area contributed by atoms with Crippen LogP contribution >= 0.6 is 19.3 Å². The highest BCUT2D eigenvalue weighted by Gasteiger charge is 2.38. The van der Waals surface area contributed by atoms with Crippen molar-refractivity contribution in [3.05, 3.63) is 29.3 Å². The van der Waals surface area contributed by atoms with Gasteiger partial charge in [-0.1, -0.05) is 17.7 Å². The Morgan fingerprint density at radius 2 is 2.00 bits per heavy atom. The first-order valence-corrected chi connectivity index (χ1v) is 8.61. The van der Waals surface area contributed by atoms with Crippen molar-refractivity contribution >= 4 is 42.9 Å². The minimum atomic E-state index is -3.70. The van der Waals surface area contributed by atoms with Gasteiger partial charge >= 0.3 is 19.7 Å². The fourth-order valence-corrected chi connectivity index (χ4v) is 3.26. The van der Waals surface area contributed by atoms with Crippen molar-refractivity contribution in [3.8, 4) is 0 Å². The van der Waals surface area contributed by atoms with Crippen molar-refractivity contribution in [1.82, 2.24) is 0 Å². The molecule has 22 heavy (non-hydrogen) atoms. The number of carboxylic acid groups (broad SMARTS) is 2. The summed E-state index contributed by atoms with van der Waals surface area (Å²) < 4.78 is 0. The van der Waals surface area contributed by atoms with E-state index in [2.05, 4.69) is 4.99 Å². The molecule has 1 rings (SSSR count). The van der Waals surface area contributed by atoms with Crippen LogP contribution < -0.4 is 0 Å². The van der Waals surface area contributed by atoms with E-state index in [-0.39, 0.29) is 12.8 Å². The van der Waals surface area contributed by atoms with Crippen LogP contribution in [0.15, 0.2) is 29.3 Å². The predicted molar refractivity (Wildman–Crippen MR) is 83.8 cm³/mol. The number of rotatable bonds is 8. The van der Waals surface area contributed by atoms with Crippen LogP contribution in [0.2, 0.25) is 5.02 Å². The molecule has 0 aliphatic carbocycles. The number of carboxylic acids is 2. The molecule has 1 unspecified atom stereocenters. The lowest BCUT2D eigenvalue weighted by Gasteiger charge is -2.13. The van der Waals surface area contributed by atoms with E-state index in [1.807, 2.05) is 0 Å². The number of benzene rings is 1. The average Bonchev–Trinajstić information content (AvgIpc) is 2.41. The molecule has 0 heterocycles. The zero-order chi connectivity index (χ0) is 16.8. The first-order chi connectivity index (χ1) is 10.2. The number of carbonyl (C=O) groups is 2. The van der Waals surface area contributed by atoms with Crippen molar-refractivity contribution in [3.63, 3.8) is 0 Å². The maximum Gasteiger partial charge on any atom is 0.312 e. The normalized spacial score (nSPS) is 13.2. The second-order valence-corrected chi connectivity index (χ2v) is 7.26. The Labute approximate surface area is 132 Å². The van der Waals surface area contributed by atoms with Gasteiger partial charge in [-0.2, -0.15) is 0 Å². The maximum absolute atomic E-state index is 11.0. The van der Waals surface area contributed by atoms with Gasteiger partial charge < -0.3 is 10.2 Å². The van der Waals surface area contributed by atoms with E-state index in [4.69, 9.17) is 21.8 Å². The topological polar surface area (TPSA) is 127 Å². The number of hydrogen-bond acceptors (Lipinski definition) is 5. The smallest absolute Gasteiger partial charge is 0.312 e. The van der Waals surface area contributed by atoms with Crippen LogP contribution in [0.3, 0.4) is 0 Å². The number of aliphatic imine (C=N–C) groups is 1. The van der Waals surface area contributed by atoms with Gasteiger partial charge in [0.15, 0.2) is 0 Å². The van der Waals surface area contributed by atoms with E-state index in [1.165, 1.54) is 6.07 Å². The minimum Gasteiger partial charge on any atom is -0.481 e. The summed E-state index contributed by atoms with van der Waals surface area (Å²) in [5.41, 5.74) is 0.400. The largest absolute Gasteiger partial charge is 0.481 e. The van der Waals surface area contributed by atoms with Gasteiger partial charge in [0.1, 0.15) is 6.16 Å². The third-order valence-electron chi connectivity index (χ3n) is 2.74. The summed E-state index contributed by atoms with van der Waals surface area (Å²) in [6, 6.07) is 6.38. The Morgan fingerprint density at radius 1 is 1.32 bits per heavy atom. The monoisotopic (exact) mass is 348 g/mol. The van der Waals surface area contributed by atoms with E-state index in [9.17, 15) is 19.4 Å². The van der Waals surface area contributed by atoms with Gasteiger partial charge in [0, 0.05) is 11.4 Å². The Kier molecular flexibility index (Phi) is 6.90. The molecule has 0 aliphatic heterocycles. The Hall–Kier alpha value is -1.53. The quantitative estimate of drug-likeness (QED) is 0.422. The lowest BCUT2D eigenvalue weighted by Crippen LogP contribution is -2.21. The molecule has 0 aliphatic rings. The summed E-state index contributed by atoms with van der Waals surface area (Å²) in [6.45, 7) is 0. The number of halogens is 1. The molecule has 0 fully saturated rings. The zero-order valence-electron chi connectivity index (χ0n) is 11.5.